The van der Waals surface area contributed by atoms with Crippen molar-refractivity contribution in [2.24, 2.45) is 4.99 Å². The second kappa shape index (κ2) is 9.77. The summed E-state index contributed by atoms with van der Waals surface area (Å²) in [6, 6.07) is 4.51. The van der Waals surface area contributed by atoms with E-state index in [4.69, 9.17) is 9.47 Å². The van der Waals surface area contributed by atoms with Gasteiger partial charge in [0.1, 0.15) is 23.0 Å². The number of nitrogens with one attached hydrogen (secondary N) is 1. The molecule has 2 aromatic heterocycles. The van der Waals surface area contributed by atoms with Gasteiger partial charge in [0.15, 0.2) is 17.3 Å². The Bertz CT molecular complexity index is 1500. The molecule has 14 heteroatoms. The number of rotatable bonds is 8. The molecule has 12 nitrogen and oxygen atoms in total. The van der Waals surface area contributed by atoms with Gasteiger partial charge in [0.25, 0.3) is 0 Å². The van der Waals surface area contributed by atoms with Crippen molar-refractivity contribution in [2.45, 2.75) is 6.42 Å². The Morgan fingerprint density at radius 2 is 1.94 bits per heavy atom. The predicted octanol–water partition coefficient (Wildman–Crippen LogP) is 1.60. The standard InChI is InChI=1S/C21H18FN7O5S/c1-33-16-7-4-6-15(30)19(16)29-20(14-5-3-8-18(25-14)34-2)26-27-21(29)28-35(31,32)10-9-17-23-11-13(22)12-24-17/h4,6-8,11-12,30H,9-10H2,1-2H3,(H,27,28). The fourth-order valence-electron chi connectivity index (χ4n) is 3.05. The predicted molar refractivity (Wildman–Crippen MR) is 122 cm³/mol. The lowest BCUT2D eigenvalue weighted by molar-refractivity contribution is 0.404. The van der Waals surface area contributed by atoms with Crippen LogP contribution in [0.5, 0.6) is 11.5 Å². The fourth-order valence-corrected chi connectivity index (χ4v) is 4.01. The van der Waals surface area contributed by atoms with Crippen LogP contribution < -0.4 is 9.46 Å². The first-order valence-electron chi connectivity index (χ1n) is 9.94. The van der Waals surface area contributed by atoms with Gasteiger partial charge in [0, 0.05) is 6.42 Å². The highest BCUT2D eigenvalue weighted by atomic mass is 32.2. The number of methoxy groups -OCH3 is 2. The number of ether oxygens (including phenoxy) is 2. The van der Waals surface area contributed by atoms with Crippen molar-refractivity contribution < 1.29 is 27.4 Å². The molecule has 0 aliphatic carbocycles. The lowest BCUT2D eigenvalue weighted by Crippen LogP contribution is -2.21. The normalized spacial score (nSPS) is 12.8. The Morgan fingerprint density at radius 1 is 1.17 bits per heavy atom. The van der Waals surface area contributed by atoms with Crippen molar-refractivity contribution in [1.82, 2.24) is 24.7 Å². The van der Waals surface area contributed by atoms with E-state index in [0.29, 0.717) is 0 Å². The third-order valence-electron chi connectivity index (χ3n) is 4.63. The second-order valence-electron chi connectivity index (χ2n) is 6.92. The molecule has 180 valence electrons. The van der Waals surface area contributed by atoms with E-state index in [1.807, 2.05) is 0 Å². The van der Waals surface area contributed by atoms with Crippen LogP contribution in [0, 0.1) is 5.82 Å². The monoisotopic (exact) mass is 499 g/mol. The second-order valence-corrected chi connectivity index (χ2v) is 8.76. The molecule has 0 spiro atoms. The van der Waals surface area contributed by atoms with E-state index in [2.05, 4.69) is 41.3 Å². The number of phenols is 1. The first-order chi connectivity index (χ1) is 16.8. The van der Waals surface area contributed by atoms with Gasteiger partial charge < -0.3 is 14.6 Å². The summed E-state index contributed by atoms with van der Waals surface area (Å²) >= 11 is 0. The molecule has 3 heterocycles. The number of aliphatic imine (C=N–C) groups is 1. The molecule has 4 rings (SSSR count). The smallest absolute Gasteiger partial charge is 0.243 e. The topological polar surface area (TPSA) is 154 Å². The summed E-state index contributed by atoms with van der Waals surface area (Å²) in [6.45, 7) is 0. The Kier molecular flexibility index (Phi) is 6.60. The lowest BCUT2D eigenvalue weighted by atomic mass is 10.2. The third kappa shape index (κ3) is 5.20. The molecule has 35 heavy (non-hydrogen) atoms. The Hall–Kier alpha value is -4.51. The van der Waals surface area contributed by atoms with Gasteiger partial charge in [-0.1, -0.05) is 11.8 Å². The maximum Gasteiger partial charge on any atom is 0.243 e. The maximum atomic E-state index is 13.0. The van der Waals surface area contributed by atoms with E-state index in [1.54, 1.807) is 12.1 Å². The van der Waals surface area contributed by atoms with Crippen molar-refractivity contribution >= 4 is 27.6 Å². The third-order valence-corrected chi connectivity index (χ3v) is 5.86. The zero-order valence-electron chi connectivity index (χ0n) is 18.4. The van der Waals surface area contributed by atoms with E-state index >= 15 is 0 Å². The summed E-state index contributed by atoms with van der Waals surface area (Å²) in [6.07, 6.45) is 3.26. The molecule has 0 saturated carbocycles. The van der Waals surface area contributed by atoms with Crippen molar-refractivity contribution in [1.29, 1.82) is 0 Å². The molecule has 0 fully saturated rings. The quantitative estimate of drug-likeness (QED) is 0.440. The molecule has 1 aromatic carbocycles. The summed E-state index contributed by atoms with van der Waals surface area (Å²) in [5.41, 5.74) is 5.68. The van der Waals surface area contributed by atoms with Crippen LogP contribution in [0.1, 0.15) is 11.6 Å². The number of aromatic hydroxyl groups is 1. The molecule has 0 bridgehead atoms. The molecule has 1 aliphatic heterocycles. The van der Waals surface area contributed by atoms with Crippen LogP contribution in [0.15, 0.2) is 53.1 Å². The minimum atomic E-state index is -4.02. The molecule has 0 atom stereocenters. The highest BCUT2D eigenvalue weighted by Crippen LogP contribution is 2.36. The number of hydrogen-bond acceptors (Lipinski definition) is 10. The number of halogens is 1. The van der Waals surface area contributed by atoms with Crippen LogP contribution in [-0.4, -0.2) is 64.1 Å². The number of hydrogen-bond donors (Lipinski definition) is 2. The molecule has 0 amide bonds. The van der Waals surface area contributed by atoms with Gasteiger partial charge in [-0.25, -0.2) is 27.8 Å². The molecule has 2 N–H and O–H groups in total. The van der Waals surface area contributed by atoms with Crippen LogP contribution in [0.25, 0.3) is 11.4 Å². The van der Waals surface area contributed by atoms with Gasteiger partial charge in [-0.3, -0.25) is 9.29 Å². The number of sulfonamides is 1. The molecule has 0 saturated heterocycles. The van der Waals surface area contributed by atoms with Crippen LogP contribution in [0.3, 0.4) is 0 Å². The number of aromatic nitrogens is 5. The summed E-state index contributed by atoms with van der Waals surface area (Å²) < 4.78 is 52.8. The highest BCUT2D eigenvalue weighted by molar-refractivity contribution is 7.92. The van der Waals surface area contributed by atoms with Crippen LogP contribution in [0.2, 0.25) is 0 Å². The molecule has 0 unspecified atom stereocenters. The minimum Gasteiger partial charge on any atom is -0.506 e. The number of benzene rings is 1. The Balaban J connectivity index is 1.76. The van der Waals surface area contributed by atoms with Gasteiger partial charge >= 0.3 is 0 Å². The van der Waals surface area contributed by atoms with Crippen LogP contribution in [0.4, 0.5) is 10.3 Å². The van der Waals surface area contributed by atoms with E-state index in [-0.39, 0.29) is 52.8 Å². The van der Waals surface area contributed by atoms with Gasteiger partial charge in [-0.15, -0.1) is 10.2 Å². The number of nitrogens with zero attached hydrogens (tertiary/aromatic N) is 6. The van der Waals surface area contributed by atoms with Gasteiger partial charge in [0.2, 0.25) is 21.9 Å². The Morgan fingerprint density at radius 3 is 2.66 bits per heavy atom. The SMILES string of the molecule is COC1=NC(c2nnc(NS(=O)(=O)CCc3ncc(F)cn3)n2-c2c(O)cccc2OC)=C=C=C1. The van der Waals surface area contributed by atoms with Gasteiger partial charge in [-0.05, 0) is 17.9 Å². The summed E-state index contributed by atoms with van der Waals surface area (Å²) in [4.78, 5) is 11.8. The largest absolute Gasteiger partial charge is 0.506 e. The average molecular weight is 499 g/mol. The molecular formula is C21H18FN7O5S. The Labute approximate surface area is 198 Å². The van der Waals surface area contributed by atoms with E-state index in [0.717, 1.165) is 12.4 Å². The minimum absolute atomic E-state index is 0.0273. The molecule has 3 aromatic rings. The maximum absolute atomic E-state index is 13.0. The fraction of sp³-hybridized carbons (Fsp3) is 0.190. The first kappa shape index (κ1) is 23.6. The number of para-hydroxylation sites is 1. The van der Waals surface area contributed by atoms with Crippen molar-refractivity contribution in [2.75, 3.05) is 24.7 Å². The van der Waals surface area contributed by atoms with Crippen LogP contribution in [-0.2, 0) is 21.2 Å². The molecule has 0 radical (unpaired) electrons. The van der Waals surface area contributed by atoms with Gasteiger partial charge in [0.05, 0.1) is 38.4 Å². The van der Waals surface area contributed by atoms with E-state index in [1.165, 1.54) is 30.9 Å². The zero-order valence-corrected chi connectivity index (χ0v) is 19.2. The van der Waals surface area contributed by atoms with Crippen molar-refractivity contribution in [3.8, 4) is 17.2 Å². The highest BCUT2D eigenvalue weighted by Gasteiger charge is 2.26. The average Bonchev–Trinajstić information content (AvgIpc) is 3.25. The number of aryl methyl sites for hydroxylation is 1. The summed E-state index contributed by atoms with van der Waals surface area (Å²) in [5, 5.41) is 18.6. The van der Waals surface area contributed by atoms with Crippen LogP contribution >= 0.6 is 0 Å². The molecular weight excluding hydrogens is 481 g/mol. The van der Waals surface area contributed by atoms with E-state index in [9.17, 15) is 17.9 Å². The molecule has 1 aliphatic rings. The van der Waals surface area contributed by atoms with Crippen molar-refractivity contribution in [3.63, 3.8) is 0 Å². The lowest BCUT2D eigenvalue weighted by Gasteiger charge is -2.16. The van der Waals surface area contributed by atoms with E-state index < -0.39 is 21.6 Å². The number of phenolic OH excluding ortho intramolecular Hbond substituents is 1. The summed E-state index contributed by atoms with van der Waals surface area (Å²) in [7, 11) is -1.21. The zero-order chi connectivity index (χ0) is 25.0. The van der Waals surface area contributed by atoms with Crippen molar-refractivity contribution in [3.05, 3.63) is 65.6 Å². The first-order valence-corrected chi connectivity index (χ1v) is 11.6. The summed E-state index contributed by atoms with van der Waals surface area (Å²) in [5.74, 6) is -0.971. The number of anilines is 1. The van der Waals surface area contributed by atoms with Gasteiger partial charge in [-0.2, -0.15) is 0 Å².